The second kappa shape index (κ2) is 20.5. The largest absolute Gasteiger partial charge is 0.488 e. The molecule has 320 valence electrons. The third-order valence-electron chi connectivity index (χ3n) is 11.9. The average molecular weight is 937 g/mol. The van der Waals surface area contributed by atoms with Crippen LogP contribution < -0.4 is 9.47 Å². The van der Waals surface area contributed by atoms with Crippen molar-refractivity contribution in [1.82, 2.24) is 0 Å². The van der Waals surface area contributed by atoms with Gasteiger partial charge in [0, 0.05) is 17.9 Å². The Balaban J connectivity index is 2.02. The van der Waals surface area contributed by atoms with Crippen LogP contribution >= 0.6 is 22.6 Å². The first-order valence-corrected chi connectivity index (χ1v) is 27.9. The van der Waals surface area contributed by atoms with Gasteiger partial charge in [0.15, 0.2) is 16.6 Å². The maximum atomic E-state index is 14.4. The third kappa shape index (κ3) is 12.7. The minimum absolute atomic E-state index is 0.0160. The summed E-state index contributed by atoms with van der Waals surface area (Å²) >= 11 is 2.36. The van der Waals surface area contributed by atoms with Gasteiger partial charge in [-0.3, -0.25) is 4.79 Å². The number of hydrogen-bond donors (Lipinski definition) is 0. The highest BCUT2D eigenvalue weighted by Gasteiger charge is 2.69. The zero-order valence-corrected chi connectivity index (χ0v) is 41.9. The monoisotopic (exact) mass is 936 g/mol. The molecule has 0 N–H and O–H groups in total. The summed E-state index contributed by atoms with van der Waals surface area (Å²) < 4.78 is 39.5. The minimum atomic E-state index is -2.43. The fraction of sp³-hybridized carbons (Fsp3) is 0.652. The van der Waals surface area contributed by atoms with Gasteiger partial charge in [-0.25, -0.2) is 4.79 Å². The standard InChI is InChI=1S/C46H73IO8Si2/c1-16-22-34(37(48)29-40(55-57(14,15)45(9,10)11)46(39(17-2)54-46)43(49)50-18-3)25-26-51-38-28-35(27-32(4)5)42(52-30-33-23-20-19-21-24-33)36(41(38)47)31-53-56(12,13)44(6,7)8/h19-21,23-26,28,32,34,39-40H,16-18,22,27,29-31H2,1-15H3/b26-25+/t34?,39-,40-,46+/m1/s1. The molecule has 3 rings (SSSR count). The second-order valence-corrected chi connectivity index (χ2v) is 29.6. The molecular weight excluding hydrogens is 864 g/mol. The maximum Gasteiger partial charge on any atom is 0.343 e. The number of Topliss-reactive ketones (excluding diaryl/α,β-unsaturated/α-hetero) is 1. The quantitative estimate of drug-likeness (QED) is 0.0379. The molecular formula is C46H73IO8Si2. The van der Waals surface area contributed by atoms with Crippen LogP contribution in [-0.2, 0) is 47.5 Å². The van der Waals surface area contributed by atoms with E-state index in [2.05, 4.69) is 129 Å². The van der Waals surface area contributed by atoms with Crippen molar-refractivity contribution in [1.29, 1.82) is 0 Å². The molecule has 0 saturated carbocycles. The summed E-state index contributed by atoms with van der Waals surface area (Å²) in [6.07, 6.45) is 5.28. The summed E-state index contributed by atoms with van der Waals surface area (Å²) in [7, 11) is -4.54. The molecule has 2 aromatic rings. The molecule has 0 aliphatic carbocycles. The van der Waals surface area contributed by atoms with E-state index in [4.69, 9.17) is 27.8 Å². The molecule has 4 atom stereocenters. The first kappa shape index (κ1) is 49.3. The Morgan fingerprint density at radius 3 is 2.11 bits per heavy atom. The Hall–Kier alpha value is -2.04. The fourth-order valence-electron chi connectivity index (χ4n) is 6.37. The van der Waals surface area contributed by atoms with Gasteiger partial charge < -0.3 is 27.8 Å². The molecule has 57 heavy (non-hydrogen) atoms. The lowest BCUT2D eigenvalue weighted by atomic mass is 9.88. The topological polar surface area (TPSA) is 92.8 Å². The number of halogens is 1. The highest BCUT2D eigenvalue weighted by molar-refractivity contribution is 14.1. The second-order valence-electron chi connectivity index (χ2n) is 19.0. The third-order valence-corrected chi connectivity index (χ3v) is 22.1. The average Bonchev–Trinajstić information content (AvgIpc) is 3.86. The Kier molecular flexibility index (Phi) is 17.7. The molecule has 2 aromatic carbocycles. The number of allylic oxidation sites excluding steroid dienone is 1. The van der Waals surface area contributed by atoms with Gasteiger partial charge in [0.25, 0.3) is 0 Å². The number of carbonyl (C=O) groups is 2. The highest BCUT2D eigenvalue weighted by atomic mass is 127. The molecule has 0 radical (unpaired) electrons. The van der Waals surface area contributed by atoms with Crippen LogP contribution in [-0.4, -0.2) is 52.8 Å². The van der Waals surface area contributed by atoms with Crippen LogP contribution in [0.2, 0.25) is 36.3 Å². The number of rotatable bonds is 22. The van der Waals surface area contributed by atoms with E-state index in [1.807, 2.05) is 31.2 Å². The van der Waals surface area contributed by atoms with Crippen molar-refractivity contribution in [3.63, 3.8) is 0 Å². The first-order chi connectivity index (χ1) is 26.4. The van der Waals surface area contributed by atoms with Gasteiger partial charge in [-0.05, 0) is 114 Å². The zero-order valence-electron chi connectivity index (χ0n) is 37.7. The predicted molar refractivity (Wildman–Crippen MR) is 245 cm³/mol. The van der Waals surface area contributed by atoms with Crippen molar-refractivity contribution in [2.45, 2.75) is 176 Å². The maximum absolute atomic E-state index is 14.4. The van der Waals surface area contributed by atoms with Crippen molar-refractivity contribution < 1.29 is 37.4 Å². The van der Waals surface area contributed by atoms with Crippen molar-refractivity contribution in [3.05, 3.63) is 69.0 Å². The number of hydrogen-bond acceptors (Lipinski definition) is 8. The molecule has 1 heterocycles. The lowest BCUT2D eigenvalue weighted by Crippen LogP contribution is -2.52. The van der Waals surface area contributed by atoms with E-state index < -0.39 is 40.2 Å². The van der Waals surface area contributed by atoms with Crippen LogP contribution in [0.1, 0.15) is 119 Å². The SMILES string of the molecule is CCCC(/C=C/Oc1cc(CC(C)C)c(OCc2ccccc2)c(CO[Si](C)(C)C(C)(C)C)c1I)C(=O)C[C@@H](O[Si](C)(C)C(C)(C)C)[C@@]1(C(=O)OCC)O[C@@H]1CC. The summed E-state index contributed by atoms with van der Waals surface area (Å²) in [5.41, 5.74) is 1.84. The van der Waals surface area contributed by atoms with E-state index >= 15 is 0 Å². The number of epoxide rings is 1. The van der Waals surface area contributed by atoms with Gasteiger partial charge in [0.05, 0.1) is 29.1 Å². The summed E-state index contributed by atoms with van der Waals surface area (Å²) in [6.45, 7) is 33.3. The normalized spacial score (nSPS) is 18.8. The minimum Gasteiger partial charge on any atom is -0.488 e. The lowest BCUT2D eigenvalue weighted by molar-refractivity contribution is -0.154. The van der Waals surface area contributed by atoms with E-state index in [0.29, 0.717) is 37.7 Å². The molecule has 0 amide bonds. The Labute approximate surface area is 360 Å². The van der Waals surface area contributed by atoms with E-state index in [1.54, 1.807) is 13.2 Å². The molecule has 8 nitrogen and oxygen atoms in total. The number of esters is 1. The van der Waals surface area contributed by atoms with Crippen LogP contribution in [0.15, 0.2) is 48.7 Å². The van der Waals surface area contributed by atoms with Gasteiger partial charge in [-0.15, -0.1) is 0 Å². The van der Waals surface area contributed by atoms with E-state index in [-0.39, 0.29) is 35.0 Å². The smallest absolute Gasteiger partial charge is 0.343 e. The predicted octanol–water partition coefficient (Wildman–Crippen LogP) is 12.4. The van der Waals surface area contributed by atoms with Crippen molar-refractivity contribution >= 4 is 51.0 Å². The molecule has 1 saturated heterocycles. The number of ketones is 1. The molecule has 1 unspecified atom stereocenters. The lowest BCUT2D eigenvalue weighted by Gasteiger charge is -2.40. The van der Waals surface area contributed by atoms with Crippen LogP contribution in [0.5, 0.6) is 11.5 Å². The molecule has 0 aromatic heterocycles. The number of ether oxygens (including phenoxy) is 4. The fourth-order valence-corrected chi connectivity index (χ4v) is 9.32. The molecule has 11 heteroatoms. The number of carbonyl (C=O) groups excluding carboxylic acids is 2. The van der Waals surface area contributed by atoms with E-state index in [0.717, 1.165) is 38.9 Å². The highest BCUT2D eigenvalue weighted by Crippen LogP contribution is 2.49. The van der Waals surface area contributed by atoms with Crippen LogP contribution in [0.25, 0.3) is 0 Å². The van der Waals surface area contributed by atoms with Crippen molar-refractivity contribution in [2.24, 2.45) is 11.8 Å². The van der Waals surface area contributed by atoms with Gasteiger partial charge in [-0.1, -0.05) is 106 Å². The van der Waals surface area contributed by atoms with Crippen LogP contribution in [0.3, 0.4) is 0 Å². The molecule has 1 aliphatic heterocycles. The van der Waals surface area contributed by atoms with Gasteiger partial charge in [0.2, 0.25) is 5.60 Å². The first-order valence-electron chi connectivity index (χ1n) is 21.0. The summed E-state index contributed by atoms with van der Waals surface area (Å²) in [4.78, 5) is 27.9. The summed E-state index contributed by atoms with van der Waals surface area (Å²) in [5, 5.41) is -0.102. The van der Waals surface area contributed by atoms with Crippen molar-refractivity contribution in [2.75, 3.05) is 6.61 Å². The molecule has 1 aliphatic rings. The zero-order chi connectivity index (χ0) is 43.0. The van der Waals surface area contributed by atoms with E-state index in [1.165, 1.54) is 0 Å². The van der Waals surface area contributed by atoms with Crippen molar-refractivity contribution in [3.8, 4) is 11.5 Å². The Bertz CT molecular complexity index is 1660. The van der Waals surface area contributed by atoms with Gasteiger partial charge >= 0.3 is 5.97 Å². The number of benzene rings is 2. The van der Waals surface area contributed by atoms with Crippen LogP contribution in [0, 0.1) is 15.4 Å². The Morgan fingerprint density at radius 2 is 1.58 bits per heavy atom. The van der Waals surface area contributed by atoms with Gasteiger partial charge in [-0.2, -0.15) is 0 Å². The Morgan fingerprint density at radius 1 is 0.947 bits per heavy atom. The molecule has 1 fully saturated rings. The summed E-state index contributed by atoms with van der Waals surface area (Å²) in [6, 6.07) is 12.3. The molecule has 0 bridgehead atoms. The van der Waals surface area contributed by atoms with Crippen LogP contribution in [0.4, 0.5) is 0 Å². The van der Waals surface area contributed by atoms with E-state index in [9.17, 15) is 9.59 Å². The van der Waals surface area contributed by atoms with Gasteiger partial charge in [0.1, 0.15) is 30.0 Å². The summed E-state index contributed by atoms with van der Waals surface area (Å²) in [5.74, 6) is 1.01. The molecule has 0 spiro atoms.